The molecular weight excluding hydrogens is 563 g/mol. The second-order valence-electron chi connectivity index (χ2n) is 13.5. The Balaban J connectivity index is 1.31. The number of thioether (sulfide) groups is 1. The van der Waals surface area contributed by atoms with Gasteiger partial charge in [-0.05, 0) is 97.7 Å². The molecule has 0 saturated heterocycles. The molecule has 1 unspecified atom stereocenters. The van der Waals surface area contributed by atoms with Crippen LogP contribution < -0.4 is 0 Å². The van der Waals surface area contributed by atoms with Gasteiger partial charge in [-0.15, -0.1) is 0 Å². The van der Waals surface area contributed by atoms with Crippen LogP contribution in [0.5, 0.6) is 0 Å². The zero-order valence-electron chi connectivity index (χ0n) is 25.9. The largest absolute Gasteiger partial charge is 0.381 e. The lowest BCUT2D eigenvalue weighted by molar-refractivity contribution is -0.138. The molecule has 7 rings (SSSR count). The Labute approximate surface area is 265 Å². The number of nitrogens with zero attached hydrogens (tertiary/aromatic N) is 3. The predicted molar refractivity (Wildman–Crippen MR) is 176 cm³/mol. The van der Waals surface area contributed by atoms with Crippen molar-refractivity contribution in [1.82, 2.24) is 4.90 Å². The molecular formula is C38H41N3O2S. The van der Waals surface area contributed by atoms with Crippen LogP contribution in [0.2, 0.25) is 0 Å². The lowest BCUT2D eigenvalue weighted by atomic mass is 9.61. The predicted octanol–water partition coefficient (Wildman–Crippen LogP) is 7.87. The van der Waals surface area contributed by atoms with E-state index < -0.39 is 5.54 Å². The molecule has 4 aliphatic rings. The van der Waals surface area contributed by atoms with Crippen molar-refractivity contribution in [3.8, 4) is 6.07 Å². The Morgan fingerprint density at radius 1 is 1.00 bits per heavy atom. The molecule has 3 aromatic rings. The standard InChI is InChI=1S/C38H41N3O2S/c1-26-5-3-7-30(19-26)24-41-35(42)38(40-36(41)44-25-31-8-4-6-29(20-31)23-39)34-21-28(12-11-27-9-10-27)13-14-32(34)22-37(38)17-15-33(43-2)16-18-37/h3-8,13-14,19-21,27,33H,9-12,15-18,22,24-25H2,1-2H3. The number of amidine groups is 1. The molecule has 2 saturated carbocycles. The van der Waals surface area contributed by atoms with Gasteiger partial charge in [-0.2, -0.15) is 5.26 Å². The molecule has 2 fully saturated rings. The highest BCUT2D eigenvalue weighted by atomic mass is 32.2. The minimum absolute atomic E-state index is 0.126. The molecule has 0 bridgehead atoms. The number of hydrogen-bond donors (Lipinski definition) is 0. The first-order valence-electron chi connectivity index (χ1n) is 16.2. The summed E-state index contributed by atoms with van der Waals surface area (Å²) in [6, 6.07) is 25.4. The molecule has 0 radical (unpaired) electrons. The summed E-state index contributed by atoms with van der Waals surface area (Å²) in [5.74, 6) is 1.64. The number of benzene rings is 3. The minimum Gasteiger partial charge on any atom is -0.381 e. The van der Waals surface area contributed by atoms with Gasteiger partial charge in [0.05, 0.1) is 24.3 Å². The lowest BCUT2D eigenvalue weighted by Gasteiger charge is -2.45. The average Bonchev–Trinajstić information content (AvgIpc) is 3.79. The topological polar surface area (TPSA) is 65.7 Å². The van der Waals surface area contributed by atoms with Gasteiger partial charge in [0.25, 0.3) is 5.91 Å². The summed E-state index contributed by atoms with van der Waals surface area (Å²) >= 11 is 1.63. The van der Waals surface area contributed by atoms with Crippen LogP contribution in [0.15, 0.2) is 71.7 Å². The van der Waals surface area contributed by atoms with Gasteiger partial charge in [-0.3, -0.25) is 9.69 Å². The van der Waals surface area contributed by atoms with Crippen molar-refractivity contribution in [3.05, 3.63) is 106 Å². The third-order valence-electron chi connectivity index (χ3n) is 10.5. The highest BCUT2D eigenvalue weighted by molar-refractivity contribution is 8.13. The zero-order valence-corrected chi connectivity index (χ0v) is 26.7. The third kappa shape index (κ3) is 5.29. The molecule has 44 heavy (non-hydrogen) atoms. The highest BCUT2D eigenvalue weighted by Gasteiger charge is 2.66. The van der Waals surface area contributed by atoms with E-state index in [1.165, 1.54) is 36.0 Å². The van der Waals surface area contributed by atoms with E-state index in [4.69, 9.17) is 9.73 Å². The maximum Gasteiger partial charge on any atom is 0.262 e. The van der Waals surface area contributed by atoms with Crippen LogP contribution in [0, 0.1) is 29.6 Å². The van der Waals surface area contributed by atoms with Crippen LogP contribution in [0.3, 0.4) is 0 Å². The Bertz CT molecular complexity index is 1650. The number of carbonyl (C=O) groups is 1. The van der Waals surface area contributed by atoms with E-state index in [9.17, 15) is 5.26 Å². The van der Waals surface area contributed by atoms with Crippen molar-refractivity contribution in [3.63, 3.8) is 0 Å². The number of fused-ring (bicyclic) bond motifs is 3. The molecule has 5 nitrogen and oxygen atoms in total. The number of methoxy groups -OCH3 is 1. The van der Waals surface area contributed by atoms with Crippen LogP contribution in [0.1, 0.15) is 83.9 Å². The number of amides is 1. The highest BCUT2D eigenvalue weighted by Crippen LogP contribution is 2.62. The molecule has 6 heteroatoms. The zero-order chi connectivity index (χ0) is 30.3. The minimum atomic E-state index is -0.919. The van der Waals surface area contributed by atoms with Gasteiger partial charge in [0.1, 0.15) is 0 Å². The van der Waals surface area contributed by atoms with Gasteiger partial charge in [0, 0.05) is 18.3 Å². The van der Waals surface area contributed by atoms with Crippen molar-refractivity contribution >= 4 is 22.8 Å². The molecule has 1 amide bonds. The maximum absolute atomic E-state index is 15.2. The number of aliphatic imine (C=N–C) groups is 1. The lowest BCUT2D eigenvalue weighted by Crippen LogP contribution is -2.51. The van der Waals surface area contributed by atoms with E-state index in [1.54, 1.807) is 11.8 Å². The summed E-state index contributed by atoms with van der Waals surface area (Å²) in [5.41, 5.74) is 6.60. The van der Waals surface area contributed by atoms with Crippen LogP contribution in [0.4, 0.5) is 0 Å². The molecule has 3 aromatic carbocycles. The Hall–Kier alpha value is -3.40. The van der Waals surface area contributed by atoms with E-state index >= 15 is 4.79 Å². The van der Waals surface area contributed by atoms with E-state index in [-0.39, 0.29) is 17.4 Å². The van der Waals surface area contributed by atoms with Crippen LogP contribution in [-0.4, -0.2) is 29.2 Å². The first-order valence-corrected chi connectivity index (χ1v) is 17.2. The summed E-state index contributed by atoms with van der Waals surface area (Å²) in [6.45, 7) is 2.60. The smallest absolute Gasteiger partial charge is 0.262 e. The molecule has 3 aliphatic carbocycles. The van der Waals surface area contributed by atoms with Crippen molar-refractivity contribution < 1.29 is 9.53 Å². The van der Waals surface area contributed by atoms with Crippen molar-refractivity contribution in [2.75, 3.05) is 7.11 Å². The molecule has 0 aromatic heterocycles. The van der Waals surface area contributed by atoms with Gasteiger partial charge >= 0.3 is 0 Å². The van der Waals surface area contributed by atoms with Gasteiger partial charge < -0.3 is 4.74 Å². The normalized spacial score (nSPS) is 25.8. The monoisotopic (exact) mass is 603 g/mol. The van der Waals surface area contributed by atoms with E-state index in [1.807, 2.05) is 30.2 Å². The second-order valence-corrected chi connectivity index (χ2v) is 14.4. The fourth-order valence-electron chi connectivity index (χ4n) is 7.92. The number of carbonyl (C=O) groups excluding carboxylic acids is 1. The van der Waals surface area contributed by atoms with E-state index in [0.29, 0.717) is 17.9 Å². The molecule has 0 N–H and O–H groups in total. The molecule has 2 spiro atoms. The first-order chi connectivity index (χ1) is 21.4. The van der Waals surface area contributed by atoms with Gasteiger partial charge in [0.15, 0.2) is 10.7 Å². The number of hydrogen-bond acceptors (Lipinski definition) is 5. The van der Waals surface area contributed by atoms with Gasteiger partial charge in [-0.25, -0.2) is 4.99 Å². The Morgan fingerprint density at radius 3 is 2.55 bits per heavy atom. The summed E-state index contributed by atoms with van der Waals surface area (Å²) in [7, 11) is 1.81. The number of rotatable bonds is 8. The summed E-state index contributed by atoms with van der Waals surface area (Å²) in [5, 5.41) is 10.3. The van der Waals surface area contributed by atoms with E-state index in [0.717, 1.165) is 66.3 Å². The van der Waals surface area contributed by atoms with E-state index in [2.05, 4.69) is 61.5 Å². The fraction of sp³-hybridized carbons (Fsp3) is 0.447. The molecule has 226 valence electrons. The van der Waals surface area contributed by atoms with Crippen LogP contribution in [0.25, 0.3) is 0 Å². The quantitative estimate of drug-likeness (QED) is 0.263. The van der Waals surface area contributed by atoms with Crippen molar-refractivity contribution in [1.29, 1.82) is 5.26 Å². The Kier molecular flexibility index (Phi) is 7.89. The first kappa shape index (κ1) is 29.3. The van der Waals surface area contributed by atoms with Crippen molar-refractivity contribution in [2.24, 2.45) is 16.3 Å². The molecule has 1 aliphatic heterocycles. The number of aryl methyl sites for hydroxylation is 2. The SMILES string of the molecule is COC1CCC2(CC1)Cc1ccc(CCC3CC3)cc1C21N=C(SCc2cccc(C#N)c2)N(Cc2cccc(C)c2)C1=O. The fourth-order valence-corrected chi connectivity index (χ4v) is 8.90. The maximum atomic E-state index is 15.2. The number of nitriles is 1. The van der Waals surface area contributed by atoms with Gasteiger partial charge in [-0.1, -0.05) is 84.8 Å². The van der Waals surface area contributed by atoms with Crippen molar-refractivity contribution in [2.45, 2.75) is 88.7 Å². The summed E-state index contributed by atoms with van der Waals surface area (Å²) in [4.78, 5) is 22.8. The summed E-state index contributed by atoms with van der Waals surface area (Å²) in [6.07, 6.45) is 9.87. The van der Waals surface area contributed by atoms with Crippen LogP contribution >= 0.6 is 11.8 Å². The summed E-state index contributed by atoms with van der Waals surface area (Å²) < 4.78 is 5.81. The Morgan fingerprint density at radius 2 is 1.80 bits per heavy atom. The number of ether oxygens (including phenoxy) is 1. The van der Waals surface area contributed by atoms with Gasteiger partial charge in [0.2, 0.25) is 0 Å². The third-order valence-corrected chi connectivity index (χ3v) is 11.6. The second kappa shape index (κ2) is 11.8. The molecule has 1 atom stereocenters. The van der Waals surface area contributed by atoms with Crippen LogP contribution in [-0.2, 0) is 40.2 Å². The molecule has 1 heterocycles. The average molecular weight is 604 g/mol.